The number of hydrogen-bond acceptors (Lipinski definition) is 3. The van der Waals surface area contributed by atoms with Crippen LogP contribution in [-0.2, 0) is 9.53 Å². The van der Waals surface area contributed by atoms with Crippen LogP contribution in [0, 0.1) is 30.1 Å². The van der Waals surface area contributed by atoms with Crippen molar-refractivity contribution in [3.05, 3.63) is 35.4 Å². The zero-order valence-electron chi connectivity index (χ0n) is 15.8. The molecule has 1 N–H and O–H groups in total. The predicted octanol–water partition coefficient (Wildman–Crippen LogP) is 3.87. The number of esters is 1. The lowest BCUT2D eigenvalue weighted by atomic mass is 9.48. The van der Waals surface area contributed by atoms with Gasteiger partial charge in [-0.25, -0.2) is 4.79 Å². The van der Waals surface area contributed by atoms with Gasteiger partial charge < -0.3 is 10.1 Å². The fraction of sp³-hybridized carbons (Fsp3) is 0.636. The average Bonchev–Trinajstić information content (AvgIpc) is 2.58. The van der Waals surface area contributed by atoms with E-state index >= 15 is 0 Å². The number of benzene rings is 1. The molecule has 4 nitrogen and oxygen atoms in total. The van der Waals surface area contributed by atoms with Crippen LogP contribution in [0.2, 0.25) is 0 Å². The van der Waals surface area contributed by atoms with E-state index in [1.165, 1.54) is 38.5 Å². The molecule has 4 aliphatic carbocycles. The second-order valence-electron chi connectivity index (χ2n) is 9.01. The van der Waals surface area contributed by atoms with Crippen LogP contribution in [0.5, 0.6) is 0 Å². The van der Waals surface area contributed by atoms with E-state index in [0.29, 0.717) is 5.56 Å². The van der Waals surface area contributed by atoms with Gasteiger partial charge in [-0.2, -0.15) is 0 Å². The third-order valence-electron chi connectivity index (χ3n) is 6.97. The Labute approximate surface area is 155 Å². The molecule has 26 heavy (non-hydrogen) atoms. The lowest BCUT2D eigenvalue weighted by Gasteiger charge is -2.59. The minimum absolute atomic E-state index is 0.154. The first-order valence-corrected chi connectivity index (χ1v) is 9.97. The van der Waals surface area contributed by atoms with E-state index in [1.807, 2.05) is 19.1 Å². The lowest BCUT2D eigenvalue weighted by molar-refractivity contribution is -0.128. The second-order valence-corrected chi connectivity index (χ2v) is 9.01. The van der Waals surface area contributed by atoms with Crippen LogP contribution in [0.1, 0.15) is 61.4 Å². The Bertz CT molecular complexity index is 676. The number of rotatable bonds is 5. The molecule has 0 saturated heterocycles. The van der Waals surface area contributed by atoms with Crippen molar-refractivity contribution in [1.82, 2.24) is 5.32 Å². The molecule has 4 aliphatic rings. The van der Waals surface area contributed by atoms with E-state index in [2.05, 4.69) is 12.2 Å². The third-order valence-corrected chi connectivity index (χ3v) is 6.97. The lowest BCUT2D eigenvalue weighted by Crippen LogP contribution is -2.56. The molecule has 1 amide bonds. The molecule has 5 rings (SSSR count). The molecule has 1 atom stereocenters. The first-order valence-electron chi connectivity index (χ1n) is 9.97. The topological polar surface area (TPSA) is 55.4 Å². The van der Waals surface area contributed by atoms with E-state index in [1.54, 1.807) is 12.1 Å². The first kappa shape index (κ1) is 17.6. The molecule has 0 spiro atoms. The Morgan fingerprint density at radius 3 is 2.35 bits per heavy atom. The molecule has 4 heteroatoms. The molecule has 0 aromatic heterocycles. The van der Waals surface area contributed by atoms with Gasteiger partial charge in [-0.1, -0.05) is 17.7 Å². The SMILES string of the molecule is Cc1cccc(C(=O)OCC(=O)N[C@H](C)C23CC4CC(CC(C4)C2)C3)c1. The maximum Gasteiger partial charge on any atom is 0.338 e. The van der Waals surface area contributed by atoms with Gasteiger partial charge in [0.15, 0.2) is 6.61 Å². The van der Waals surface area contributed by atoms with E-state index < -0.39 is 5.97 Å². The average molecular weight is 355 g/mol. The highest BCUT2D eigenvalue weighted by atomic mass is 16.5. The van der Waals surface area contributed by atoms with Gasteiger partial charge in [0, 0.05) is 6.04 Å². The van der Waals surface area contributed by atoms with Crippen molar-refractivity contribution >= 4 is 11.9 Å². The van der Waals surface area contributed by atoms with Crippen molar-refractivity contribution in [1.29, 1.82) is 0 Å². The number of aryl methyl sites for hydroxylation is 1. The summed E-state index contributed by atoms with van der Waals surface area (Å²) < 4.78 is 5.21. The van der Waals surface area contributed by atoms with Crippen LogP contribution >= 0.6 is 0 Å². The monoisotopic (exact) mass is 355 g/mol. The highest BCUT2D eigenvalue weighted by molar-refractivity contribution is 5.91. The molecule has 1 aromatic rings. The van der Waals surface area contributed by atoms with E-state index in [9.17, 15) is 9.59 Å². The Morgan fingerprint density at radius 1 is 1.15 bits per heavy atom. The fourth-order valence-electron chi connectivity index (χ4n) is 6.13. The summed E-state index contributed by atoms with van der Waals surface area (Å²) >= 11 is 0. The molecule has 4 fully saturated rings. The number of carbonyl (C=O) groups is 2. The smallest absolute Gasteiger partial charge is 0.338 e. The Morgan fingerprint density at radius 2 is 1.77 bits per heavy atom. The van der Waals surface area contributed by atoms with Crippen LogP contribution in [0.4, 0.5) is 0 Å². The van der Waals surface area contributed by atoms with Gasteiger partial charge in [0.25, 0.3) is 5.91 Å². The number of amides is 1. The van der Waals surface area contributed by atoms with Crippen molar-refractivity contribution in [3.63, 3.8) is 0 Å². The molecule has 4 bridgehead atoms. The standard InChI is InChI=1S/C22H29NO3/c1-14-4-3-5-19(6-14)21(25)26-13-20(24)23-15(2)22-10-16-7-17(11-22)9-18(8-16)12-22/h3-6,15-18H,7-13H2,1-2H3,(H,23,24)/t15-,16?,17?,18?,22?/m1/s1. The largest absolute Gasteiger partial charge is 0.452 e. The van der Waals surface area contributed by atoms with Gasteiger partial charge in [0.1, 0.15) is 0 Å². The Balaban J connectivity index is 1.31. The van der Waals surface area contributed by atoms with E-state index in [-0.39, 0.29) is 24.0 Å². The minimum Gasteiger partial charge on any atom is -0.452 e. The number of carbonyl (C=O) groups excluding carboxylic acids is 2. The summed E-state index contributed by atoms with van der Waals surface area (Å²) in [5.41, 5.74) is 1.76. The summed E-state index contributed by atoms with van der Waals surface area (Å²) in [4.78, 5) is 24.5. The normalized spacial score (nSPS) is 32.9. The van der Waals surface area contributed by atoms with Gasteiger partial charge in [0.05, 0.1) is 5.56 Å². The van der Waals surface area contributed by atoms with Crippen LogP contribution in [0.25, 0.3) is 0 Å². The van der Waals surface area contributed by atoms with Gasteiger partial charge in [0.2, 0.25) is 0 Å². The predicted molar refractivity (Wildman–Crippen MR) is 99.7 cm³/mol. The summed E-state index contributed by atoms with van der Waals surface area (Å²) in [7, 11) is 0. The number of nitrogens with one attached hydrogen (secondary N) is 1. The van der Waals surface area contributed by atoms with Crippen molar-refractivity contribution in [3.8, 4) is 0 Å². The van der Waals surface area contributed by atoms with Crippen LogP contribution < -0.4 is 5.32 Å². The maximum atomic E-state index is 12.4. The molecular formula is C22H29NO3. The zero-order valence-corrected chi connectivity index (χ0v) is 15.8. The van der Waals surface area contributed by atoms with Gasteiger partial charge in [-0.05, 0) is 87.7 Å². The second kappa shape index (κ2) is 6.71. The summed E-state index contributed by atoms with van der Waals surface area (Å²) in [6.45, 7) is 3.87. The first-order chi connectivity index (χ1) is 12.4. The minimum atomic E-state index is -0.439. The van der Waals surface area contributed by atoms with Gasteiger partial charge in [-0.3, -0.25) is 4.79 Å². The molecule has 1 aromatic carbocycles. The molecular weight excluding hydrogens is 326 g/mol. The molecule has 0 heterocycles. The molecule has 0 radical (unpaired) electrons. The van der Waals surface area contributed by atoms with Gasteiger partial charge >= 0.3 is 5.97 Å². The van der Waals surface area contributed by atoms with Crippen molar-refractivity contribution in [2.45, 2.75) is 58.4 Å². The highest BCUT2D eigenvalue weighted by Gasteiger charge is 2.53. The zero-order chi connectivity index (χ0) is 18.3. The molecule has 0 unspecified atom stereocenters. The molecule has 0 aliphatic heterocycles. The summed E-state index contributed by atoms with van der Waals surface area (Å²) in [6.07, 6.45) is 7.95. The van der Waals surface area contributed by atoms with Crippen LogP contribution in [0.3, 0.4) is 0 Å². The summed E-state index contributed by atoms with van der Waals surface area (Å²) in [5, 5.41) is 3.14. The molecule has 140 valence electrons. The quantitative estimate of drug-likeness (QED) is 0.816. The van der Waals surface area contributed by atoms with Crippen molar-refractivity contribution in [2.24, 2.45) is 23.2 Å². The number of hydrogen-bond donors (Lipinski definition) is 1. The van der Waals surface area contributed by atoms with Gasteiger partial charge in [-0.15, -0.1) is 0 Å². The fourth-order valence-corrected chi connectivity index (χ4v) is 6.13. The Kier molecular flexibility index (Phi) is 4.54. The molecule has 4 saturated carbocycles. The number of ether oxygens (including phenoxy) is 1. The Hall–Kier alpha value is -1.84. The van der Waals surface area contributed by atoms with Crippen LogP contribution in [0.15, 0.2) is 24.3 Å². The van der Waals surface area contributed by atoms with Crippen molar-refractivity contribution in [2.75, 3.05) is 6.61 Å². The third kappa shape index (κ3) is 3.38. The van der Waals surface area contributed by atoms with E-state index in [0.717, 1.165) is 23.3 Å². The summed E-state index contributed by atoms with van der Waals surface area (Å²) in [5.74, 6) is 1.96. The summed E-state index contributed by atoms with van der Waals surface area (Å²) in [6, 6.07) is 7.39. The highest BCUT2D eigenvalue weighted by Crippen LogP contribution is 2.61. The van der Waals surface area contributed by atoms with Crippen LogP contribution in [-0.4, -0.2) is 24.5 Å². The van der Waals surface area contributed by atoms with E-state index in [4.69, 9.17) is 4.74 Å². The van der Waals surface area contributed by atoms with Crippen molar-refractivity contribution < 1.29 is 14.3 Å². The maximum absolute atomic E-state index is 12.4.